The summed E-state index contributed by atoms with van der Waals surface area (Å²) in [7, 11) is 0. The fraction of sp³-hybridized carbons (Fsp3) is 0.375. The Balaban J connectivity index is 1.90. The molecule has 0 aliphatic rings. The molecule has 23 heavy (non-hydrogen) atoms. The van der Waals surface area contributed by atoms with E-state index >= 15 is 0 Å². The van der Waals surface area contributed by atoms with E-state index in [0.717, 1.165) is 22.8 Å². The third-order valence-corrected chi connectivity index (χ3v) is 4.48. The first-order valence-corrected chi connectivity index (χ1v) is 7.98. The van der Waals surface area contributed by atoms with Gasteiger partial charge in [0.2, 0.25) is 5.91 Å². The number of carbonyl (C=O) groups excluding carboxylic acids is 1. The maximum atomic E-state index is 12.6. The van der Waals surface area contributed by atoms with Gasteiger partial charge in [-0.3, -0.25) is 4.79 Å². The Hall–Kier alpha value is -1.89. The van der Waals surface area contributed by atoms with Crippen LogP contribution < -0.4 is 5.32 Å². The normalized spacial score (nSPS) is 12.9. The fourth-order valence-electron chi connectivity index (χ4n) is 2.06. The van der Waals surface area contributed by atoms with Gasteiger partial charge in [-0.2, -0.15) is 13.2 Å². The van der Waals surface area contributed by atoms with Crippen LogP contribution in [0.3, 0.4) is 0 Å². The quantitative estimate of drug-likeness (QED) is 0.894. The fourth-order valence-corrected chi connectivity index (χ4v) is 2.91. The Bertz CT molecular complexity index is 682. The van der Waals surface area contributed by atoms with Crippen LogP contribution in [0.5, 0.6) is 0 Å². The van der Waals surface area contributed by atoms with E-state index in [1.807, 2.05) is 19.2 Å². The average Bonchev–Trinajstić information content (AvgIpc) is 2.91. The molecule has 1 atom stereocenters. The van der Waals surface area contributed by atoms with Gasteiger partial charge in [0, 0.05) is 23.5 Å². The minimum atomic E-state index is -4.40. The number of rotatable bonds is 5. The number of thiazole rings is 1. The van der Waals surface area contributed by atoms with Gasteiger partial charge in [-0.15, -0.1) is 11.3 Å². The van der Waals surface area contributed by atoms with E-state index in [-0.39, 0.29) is 18.2 Å². The van der Waals surface area contributed by atoms with Crippen LogP contribution in [-0.2, 0) is 17.4 Å². The van der Waals surface area contributed by atoms with Gasteiger partial charge >= 0.3 is 6.18 Å². The van der Waals surface area contributed by atoms with Crippen LogP contribution in [0, 0.1) is 6.92 Å². The molecule has 0 spiro atoms. The van der Waals surface area contributed by atoms with Crippen molar-refractivity contribution in [3.05, 3.63) is 51.5 Å². The van der Waals surface area contributed by atoms with E-state index in [1.54, 1.807) is 0 Å². The number of benzene rings is 1. The average molecular weight is 342 g/mol. The zero-order valence-corrected chi connectivity index (χ0v) is 13.6. The van der Waals surface area contributed by atoms with E-state index in [1.165, 1.54) is 23.5 Å². The smallest absolute Gasteiger partial charge is 0.355 e. The standard InChI is InChI=1S/C16H17F3N2OS/c1-10(15-21-11(2)9-23-15)8-20-14(22)7-12-4-3-5-13(6-12)16(17,18)19/h3-6,9-10H,7-8H2,1-2H3,(H,20,22)/t10-/m1/s1. The first-order valence-electron chi connectivity index (χ1n) is 7.10. The SMILES string of the molecule is Cc1csc([C@H](C)CNC(=O)Cc2cccc(C(F)(F)F)c2)n1. The number of halogens is 3. The Morgan fingerprint density at radius 1 is 1.39 bits per heavy atom. The van der Waals surface area contributed by atoms with E-state index < -0.39 is 11.7 Å². The van der Waals surface area contributed by atoms with Gasteiger partial charge in [0.05, 0.1) is 17.0 Å². The molecular weight excluding hydrogens is 325 g/mol. The van der Waals surface area contributed by atoms with Crippen LogP contribution in [0.1, 0.15) is 34.7 Å². The molecule has 7 heteroatoms. The molecule has 1 amide bonds. The second-order valence-corrected chi connectivity index (χ2v) is 6.30. The Kier molecular flexibility index (Phi) is 5.41. The number of nitrogens with zero attached hydrogens (tertiary/aromatic N) is 1. The molecule has 1 aromatic carbocycles. The molecule has 0 saturated carbocycles. The first-order chi connectivity index (χ1) is 10.8. The molecule has 0 radical (unpaired) electrons. The van der Waals surface area contributed by atoms with Gasteiger partial charge < -0.3 is 5.32 Å². The molecule has 124 valence electrons. The van der Waals surface area contributed by atoms with Crippen LogP contribution in [0.25, 0.3) is 0 Å². The highest BCUT2D eigenvalue weighted by Gasteiger charge is 2.30. The highest BCUT2D eigenvalue weighted by molar-refractivity contribution is 7.09. The molecule has 0 aliphatic carbocycles. The van der Waals surface area contributed by atoms with Crippen molar-refractivity contribution in [1.29, 1.82) is 0 Å². The minimum Gasteiger partial charge on any atom is -0.355 e. The van der Waals surface area contributed by atoms with Crippen molar-refractivity contribution in [3.63, 3.8) is 0 Å². The largest absolute Gasteiger partial charge is 0.416 e. The summed E-state index contributed by atoms with van der Waals surface area (Å²) >= 11 is 1.53. The van der Waals surface area contributed by atoms with Gasteiger partial charge in [0.25, 0.3) is 0 Å². The molecule has 0 aliphatic heterocycles. The van der Waals surface area contributed by atoms with Crippen LogP contribution in [0.2, 0.25) is 0 Å². The molecule has 0 unspecified atom stereocenters. The van der Waals surface area contributed by atoms with Gasteiger partial charge in [0.15, 0.2) is 0 Å². The maximum Gasteiger partial charge on any atom is 0.416 e. The predicted octanol–water partition coefficient (Wildman–Crippen LogP) is 3.93. The lowest BCUT2D eigenvalue weighted by Crippen LogP contribution is -2.29. The highest BCUT2D eigenvalue weighted by Crippen LogP contribution is 2.29. The third-order valence-electron chi connectivity index (χ3n) is 3.28. The monoisotopic (exact) mass is 342 g/mol. The number of aryl methyl sites for hydroxylation is 1. The van der Waals surface area contributed by atoms with Crippen LogP contribution in [0.15, 0.2) is 29.6 Å². The number of carbonyl (C=O) groups is 1. The van der Waals surface area contributed by atoms with Crippen molar-refractivity contribution in [2.45, 2.75) is 32.4 Å². The van der Waals surface area contributed by atoms with Crippen molar-refractivity contribution in [2.24, 2.45) is 0 Å². The maximum absolute atomic E-state index is 12.6. The number of nitrogens with one attached hydrogen (secondary N) is 1. The second-order valence-electron chi connectivity index (χ2n) is 5.41. The summed E-state index contributed by atoms with van der Waals surface area (Å²) in [5.74, 6) is -0.233. The molecule has 1 aromatic heterocycles. The Labute approximate surface area is 136 Å². The molecular formula is C16H17F3N2OS. The number of aromatic nitrogens is 1. The molecule has 0 saturated heterocycles. The van der Waals surface area contributed by atoms with Gasteiger partial charge in [-0.25, -0.2) is 4.98 Å². The van der Waals surface area contributed by atoms with Crippen LogP contribution in [-0.4, -0.2) is 17.4 Å². The summed E-state index contributed by atoms with van der Waals surface area (Å²) in [6, 6.07) is 4.83. The van der Waals surface area contributed by atoms with Crippen LogP contribution >= 0.6 is 11.3 Å². The second kappa shape index (κ2) is 7.12. The van der Waals surface area contributed by atoms with Gasteiger partial charge in [-0.05, 0) is 18.6 Å². The third kappa shape index (κ3) is 5.06. The lowest BCUT2D eigenvalue weighted by molar-refractivity contribution is -0.137. The number of alkyl halides is 3. The number of hydrogen-bond acceptors (Lipinski definition) is 3. The van der Waals surface area contributed by atoms with Crippen molar-refractivity contribution < 1.29 is 18.0 Å². The van der Waals surface area contributed by atoms with Crippen molar-refractivity contribution >= 4 is 17.2 Å². The molecule has 3 nitrogen and oxygen atoms in total. The first kappa shape index (κ1) is 17.5. The van der Waals surface area contributed by atoms with Crippen molar-refractivity contribution in [3.8, 4) is 0 Å². The van der Waals surface area contributed by atoms with Crippen molar-refractivity contribution in [2.75, 3.05) is 6.54 Å². The summed E-state index contributed by atoms with van der Waals surface area (Å²) in [5, 5.41) is 5.62. The lowest BCUT2D eigenvalue weighted by Gasteiger charge is -2.11. The zero-order chi connectivity index (χ0) is 17.0. The van der Waals surface area contributed by atoms with E-state index in [4.69, 9.17) is 0 Å². The number of amides is 1. The molecule has 1 heterocycles. The predicted molar refractivity (Wildman–Crippen MR) is 83.4 cm³/mol. The van der Waals surface area contributed by atoms with E-state index in [0.29, 0.717) is 12.1 Å². The molecule has 0 fully saturated rings. The van der Waals surface area contributed by atoms with E-state index in [9.17, 15) is 18.0 Å². The molecule has 2 aromatic rings. The minimum absolute atomic E-state index is 0.0687. The Morgan fingerprint density at radius 3 is 2.74 bits per heavy atom. The summed E-state index contributed by atoms with van der Waals surface area (Å²) in [4.78, 5) is 16.3. The summed E-state index contributed by atoms with van der Waals surface area (Å²) < 4.78 is 37.9. The van der Waals surface area contributed by atoms with Gasteiger partial charge in [0.1, 0.15) is 0 Å². The van der Waals surface area contributed by atoms with E-state index in [2.05, 4.69) is 10.3 Å². The summed E-state index contributed by atoms with van der Waals surface area (Å²) in [6.45, 7) is 4.26. The van der Waals surface area contributed by atoms with Crippen molar-refractivity contribution in [1.82, 2.24) is 10.3 Å². The topological polar surface area (TPSA) is 42.0 Å². The van der Waals surface area contributed by atoms with Gasteiger partial charge in [-0.1, -0.05) is 25.1 Å². The van der Waals surface area contributed by atoms with Crippen LogP contribution in [0.4, 0.5) is 13.2 Å². The zero-order valence-electron chi connectivity index (χ0n) is 12.8. The Morgan fingerprint density at radius 2 is 2.13 bits per heavy atom. The highest BCUT2D eigenvalue weighted by atomic mass is 32.1. The number of hydrogen-bond donors (Lipinski definition) is 1. The molecule has 2 rings (SSSR count). The lowest BCUT2D eigenvalue weighted by atomic mass is 10.1. The summed E-state index contributed by atoms with van der Waals surface area (Å²) in [6.07, 6.45) is -4.47. The molecule has 0 bridgehead atoms. The molecule has 1 N–H and O–H groups in total. The summed E-state index contributed by atoms with van der Waals surface area (Å²) in [5.41, 5.74) is 0.539.